The van der Waals surface area contributed by atoms with Crippen LogP contribution in [0.2, 0.25) is 0 Å². The van der Waals surface area contributed by atoms with Gasteiger partial charge in [0.05, 0.1) is 30.3 Å². The van der Waals surface area contributed by atoms with Crippen LogP contribution in [0, 0.1) is 23.6 Å². The fraction of sp³-hybridized carbons (Fsp3) is 0.682. The molecular formula is C44H61FN4O7S. The van der Waals surface area contributed by atoms with Crippen molar-refractivity contribution in [1.82, 2.24) is 14.7 Å². The third kappa shape index (κ3) is 8.00. The molecule has 2 aromatic carbocycles. The summed E-state index contributed by atoms with van der Waals surface area (Å²) in [6.45, 7) is 7.74. The maximum absolute atomic E-state index is 15.1. The van der Waals surface area contributed by atoms with E-state index < -0.39 is 20.7 Å². The minimum atomic E-state index is -3.56. The van der Waals surface area contributed by atoms with Crippen molar-refractivity contribution in [2.24, 2.45) is 17.8 Å². The van der Waals surface area contributed by atoms with E-state index in [2.05, 4.69) is 20.8 Å². The number of esters is 1. The number of carbonyl (C=O) groups excluding carboxylic acids is 2. The number of piperidine rings is 2. The second kappa shape index (κ2) is 16.2. The van der Waals surface area contributed by atoms with Gasteiger partial charge in [0.1, 0.15) is 17.0 Å². The predicted octanol–water partition coefficient (Wildman–Crippen LogP) is 4.66. The molecule has 6 fully saturated rings. The molecule has 4 aliphatic heterocycles. The highest BCUT2D eigenvalue weighted by Gasteiger charge is 2.54. The molecule has 11 nitrogen and oxygen atoms in total. The molecule has 0 bridgehead atoms. The SMILES string of the molecule is COC(=O)C[C@H]1CCC[C@@H]1[C@](CN1CCC1)(c1cccc(F)c1)C1CCN(CC2(OC)CN(c3ccc(S(=O)(=O)C4CCN(C(=O)C5(O)CC5)CC4)cc3)C2)CC1. The fourth-order valence-corrected chi connectivity index (χ4v) is 12.9. The third-order valence-corrected chi connectivity index (χ3v) is 17.1. The van der Waals surface area contributed by atoms with Gasteiger partial charge in [-0.1, -0.05) is 18.6 Å². The van der Waals surface area contributed by atoms with Gasteiger partial charge in [-0.2, -0.15) is 0 Å². The number of carbonyl (C=O) groups is 2. The Labute approximate surface area is 337 Å². The Balaban J connectivity index is 0.907. The first-order valence-corrected chi connectivity index (χ1v) is 22.9. The van der Waals surface area contributed by atoms with Crippen molar-refractivity contribution in [2.75, 3.05) is 84.6 Å². The van der Waals surface area contributed by atoms with Crippen molar-refractivity contribution in [3.63, 3.8) is 0 Å². The maximum atomic E-state index is 15.1. The number of sulfone groups is 1. The van der Waals surface area contributed by atoms with Crippen LogP contribution in [0.4, 0.5) is 10.1 Å². The Morgan fingerprint density at radius 1 is 0.877 bits per heavy atom. The van der Waals surface area contributed by atoms with Crippen molar-refractivity contribution in [3.05, 3.63) is 59.9 Å². The van der Waals surface area contributed by atoms with E-state index in [4.69, 9.17) is 9.47 Å². The lowest BCUT2D eigenvalue weighted by Gasteiger charge is -2.55. The summed E-state index contributed by atoms with van der Waals surface area (Å²) < 4.78 is 53.6. The van der Waals surface area contributed by atoms with E-state index >= 15 is 4.39 Å². The van der Waals surface area contributed by atoms with E-state index in [1.807, 2.05) is 18.2 Å². The number of halogens is 1. The standard InChI is InChI=1S/C44H61FN4O7S/c1-55-40(50)26-32-6-3-9-39(32)44(31-46-20-5-21-46,34-7-4-8-35(45)27-34)33-14-22-47(23-15-33)28-42(56-2)29-49(30-42)36-10-12-37(13-11-36)57(53,54)38-16-24-48(25-17-38)41(51)43(52)18-19-43/h4,7-8,10-13,27,32-33,38-39,52H,3,5-6,9,14-26,28-31H2,1-2H3/t32-,39+,44+/m1/s1. The molecule has 2 saturated carbocycles. The van der Waals surface area contributed by atoms with Gasteiger partial charge in [-0.3, -0.25) is 9.59 Å². The Hall–Kier alpha value is -3.10. The largest absolute Gasteiger partial charge is 0.469 e. The molecule has 0 aromatic heterocycles. The quantitative estimate of drug-likeness (QED) is 0.270. The first-order chi connectivity index (χ1) is 27.4. The summed E-state index contributed by atoms with van der Waals surface area (Å²) in [5.41, 5.74) is 0.218. The molecular weight excluding hydrogens is 748 g/mol. The van der Waals surface area contributed by atoms with Gasteiger partial charge in [-0.05, 0) is 144 Å². The summed E-state index contributed by atoms with van der Waals surface area (Å²) in [6, 6.07) is 14.5. The van der Waals surface area contributed by atoms with Crippen LogP contribution < -0.4 is 4.90 Å². The predicted molar refractivity (Wildman–Crippen MR) is 215 cm³/mol. The molecule has 4 heterocycles. The topological polar surface area (TPSA) is 120 Å². The molecule has 1 amide bonds. The van der Waals surface area contributed by atoms with Crippen molar-refractivity contribution in [3.8, 4) is 0 Å². The number of benzene rings is 2. The number of methoxy groups -OCH3 is 2. The lowest BCUT2D eigenvalue weighted by atomic mass is 9.56. The van der Waals surface area contributed by atoms with Crippen LogP contribution in [0.3, 0.4) is 0 Å². The normalized spacial score (nSPS) is 26.7. The molecule has 13 heteroatoms. The minimum Gasteiger partial charge on any atom is -0.469 e. The van der Waals surface area contributed by atoms with Gasteiger partial charge in [-0.25, -0.2) is 12.8 Å². The Kier molecular flexibility index (Phi) is 11.5. The molecule has 57 heavy (non-hydrogen) atoms. The molecule has 0 spiro atoms. The summed E-state index contributed by atoms with van der Waals surface area (Å²) in [6.07, 6.45) is 8.39. The number of nitrogens with zero attached hydrogens (tertiary/aromatic N) is 4. The zero-order chi connectivity index (χ0) is 40.0. The lowest BCUT2D eigenvalue weighted by Crippen LogP contribution is -2.68. The van der Waals surface area contributed by atoms with E-state index in [1.54, 1.807) is 36.3 Å². The van der Waals surface area contributed by atoms with Gasteiger partial charge < -0.3 is 34.2 Å². The number of likely N-dealkylation sites (tertiary alicyclic amines) is 3. The zero-order valence-electron chi connectivity index (χ0n) is 33.7. The fourth-order valence-electron chi connectivity index (χ4n) is 11.2. The molecule has 6 aliphatic rings. The van der Waals surface area contributed by atoms with E-state index in [9.17, 15) is 23.1 Å². The Bertz CT molecular complexity index is 1870. The van der Waals surface area contributed by atoms with Crippen molar-refractivity contribution in [1.29, 1.82) is 0 Å². The van der Waals surface area contributed by atoms with Crippen molar-refractivity contribution in [2.45, 2.75) is 97.4 Å². The first kappa shape index (κ1) is 40.7. The van der Waals surface area contributed by atoms with Crippen LogP contribution in [0.15, 0.2) is 53.4 Å². The van der Waals surface area contributed by atoms with Gasteiger partial charge in [0.2, 0.25) is 0 Å². The van der Waals surface area contributed by atoms with E-state index in [-0.39, 0.29) is 40.5 Å². The summed E-state index contributed by atoms with van der Waals surface area (Å²) >= 11 is 0. The monoisotopic (exact) mass is 808 g/mol. The number of aliphatic hydroxyl groups is 1. The molecule has 0 radical (unpaired) electrons. The molecule has 312 valence electrons. The van der Waals surface area contributed by atoms with Crippen molar-refractivity contribution < 1.29 is 37.0 Å². The van der Waals surface area contributed by atoms with Gasteiger partial charge in [-0.15, -0.1) is 0 Å². The second-order valence-corrected chi connectivity index (χ2v) is 20.3. The van der Waals surface area contributed by atoms with E-state index in [0.29, 0.717) is 69.1 Å². The average Bonchev–Trinajstić information content (AvgIpc) is 3.79. The van der Waals surface area contributed by atoms with E-state index in [0.717, 1.165) is 82.6 Å². The highest BCUT2D eigenvalue weighted by atomic mass is 32.2. The molecule has 0 unspecified atom stereocenters. The first-order valence-electron chi connectivity index (χ1n) is 21.3. The van der Waals surface area contributed by atoms with Crippen LogP contribution in [-0.2, 0) is 34.3 Å². The summed E-state index contributed by atoms with van der Waals surface area (Å²) in [4.78, 5) is 34.4. The zero-order valence-corrected chi connectivity index (χ0v) is 34.6. The lowest BCUT2D eigenvalue weighted by molar-refractivity contribution is -0.143. The number of amides is 1. The number of rotatable bonds is 14. The van der Waals surface area contributed by atoms with Crippen molar-refractivity contribution >= 4 is 27.4 Å². The third-order valence-electron chi connectivity index (χ3n) is 14.8. The van der Waals surface area contributed by atoms with Crippen LogP contribution in [-0.4, -0.2) is 136 Å². The highest BCUT2D eigenvalue weighted by molar-refractivity contribution is 7.92. The second-order valence-electron chi connectivity index (χ2n) is 18.1. The molecule has 8 rings (SSSR count). The summed E-state index contributed by atoms with van der Waals surface area (Å²) in [5, 5.41) is 9.66. The van der Waals surface area contributed by atoms with Gasteiger partial charge in [0.25, 0.3) is 5.91 Å². The van der Waals surface area contributed by atoms with Crippen LogP contribution >= 0.6 is 0 Å². The van der Waals surface area contributed by atoms with Crippen LogP contribution in [0.25, 0.3) is 0 Å². The van der Waals surface area contributed by atoms with Gasteiger partial charge in [0.15, 0.2) is 9.84 Å². The van der Waals surface area contributed by atoms with Gasteiger partial charge in [0, 0.05) is 50.8 Å². The van der Waals surface area contributed by atoms with Crippen LogP contribution in [0.1, 0.15) is 76.2 Å². The maximum Gasteiger partial charge on any atom is 0.305 e. The molecule has 2 aliphatic carbocycles. The Morgan fingerprint density at radius 3 is 2.18 bits per heavy atom. The number of hydrogen-bond acceptors (Lipinski definition) is 10. The smallest absolute Gasteiger partial charge is 0.305 e. The number of hydrogen-bond donors (Lipinski definition) is 1. The van der Waals surface area contributed by atoms with Gasteiger partial charge >= 0.3 is 5.97 Å². The number of anilines is 1. The van der Waals surface area contributed by atoms with E-state index in [1.165, 1.54) is 13.5 Å². The molecule has 3 atom stereocenters. The summed E-state index contributed by atoms with van der Waals surface area (Å²) in [5.74, 6) is 0.207. The summed E-state index contributed by atoms with van der Waals surface area (Å²) in [7, 11) is -0.299. The highest BCUT2D eigenvalue weighted by Crippen LogP contribution is 2.54. The average molecular weight is 809 g/mol. The molecule has 1 N–H and O–H groups in total. The van der Waals surface area contributed by atoms with Crippen LogP contribution in [0.5, 0.6) is 0 Å². The number of ether oxygens (including phenoxy) is 2. The Morgan fingerprint density at radius 2 is 1.58 bits per heavy atom. The molecule has 4 saturated heterocycles. The minimum absolute atomic E-state index is 0.156. The molecule has 2 aromatic rings.